The molecule has 1 aliphatic rings. The molecule has 1 fully saturated rings. The molecule has 0 aromatic carbocycles. The fraction of sp³-hybridized carbons (Fsp3) is 0.870. The van der Waals surface area contributed by atoms with Gasteiger partial charge in [-0.3, -0.25) is 14.1 Å². The van der Waals surface area contributed by atoms with E-state index in [-0.39, 0.29) is 19.4 Å². The monoisotopic (exact) mass is 861 g/mol. The number of hydrogen-bond acceptors (Lipinski definition) is 11. The van der Waals surface area contributed by atoms with E-state index in [0.29, 0.717) is 12.8 Å². The van der Waals surface area contributed by atoms with Gasteiger partial charge in [-0.15, -0.1) is 0 Å². The largest absolute Gasteiger partial charge is 0.462 e. The first-order chi connectivity index (χ1) is 28.5. The van der Waals surface area contributed by atoms with Crippen LogP contribution < -0.4 is 0 Å². The molecule has 1 saturated heterocycles. The number of carbonyl (C=O) groups is 2. The zero-order valence-electron chi connectivity index (χ0n) is 36.9. The number of aliphatic hydroxyl groups is 3. The predicted molar refractivity (Wildman–Crippen MR) is 233 cm³/mol. The van der Waals surface area contributed by atoms with E-state index in [1.54, 1.807) is 0 Å². The average Bonchev–Trinajstić information content (AvgIpc) is 3.20. The van der Waals surface area contributed by atoms with Crippen molar-refractivity contribution in [2.75, 3.05) is 19.0 Å². The number of allylic oxidation sites excluding steroid dienone is 4. The highest BCUT2D eigenvalue weighted by Crippen LogP contribution is 2.24. The summed E-state index contributed by atoms with van der Waals surface area (Å²) in [6, 6.07) is 0. The summed E-state index contributed by atoms with van der Waals surface area (Å²) < 4.78 is 54.1. The molecule has 13 heteroatoms. The van der Waals surface area contributed by atoms with E-state index in [0.717, 1.165) is 64.2 Å². The number of aliphatic hydroxyl groups excluding tert-OH is 3. The maximum atomic E-state index is 12.8. The second-order valence-electron chi connectivity index (χ2n) is 16.4. The molecule has 2 unspecified atom stereocenters. The molecule has 0 radical (unpaired) electrons. The SMILES string of the molecule is CCCCCCC/C=C/CCCCCCCC(=O)O[C@H](COC(=O)CCCCCCCCC/C=C/CCCCCCCC)CO[C@H]1O[C@H](CS(=O)(=O)O)[C@@H](O)C(O)C1O. The number of rotatable bonds is 39. The van der Waals surface area contributed by atoms with Crippen molar-refractivity contribution >= 4 is 22.1 Å². The normalized spacial score (nSPS) is 20.4. The fourth-order valence-corrected chi connectivity index (χ4v) is 7.77. The van der Waals surface area contributed by atoms with E-state index in [4.69, 9.17) is 18.9 Å². The molecule has 0 spiro atoms. The summed E-state index contributed by atoms with van der Waals surface area (Å²) >= 11 is 0. The Hall–Kier alpha value is -1.87. The number of carbonyl (C=O) groups excluding carboxylic acids is 2. The highest BCUT2D eigenvalue weighted by Gasteiger charge is 2.46. The molecule has 0 saturated carbocycles. The van der Waals surface area contributed by atoms with Crippen molar-refractivity contribution in [2.45, 2.75) is 237 Å². The lowest BCUT2D eigenvalue weighted by molar-refractivity contribution is -0.297. The van der Waals surface area contributed by atoms with Crippen LogP contribution in [0.15, 0.2) is 24.3 Å². The van der Waals surface area contributed by atoms with Crippen LogP contribution in [0.5, 0.6) is 0 Å². The van der Waals surface area contributed by atoms with Crippen LogP contribution in [0.2, 0.25) is 0 Å². The van der Waals surface area contributed by atoms with Crippen LogP contribution in [0.1, 0.15) is 200 Å². The minimum absolute atomic E-state index is 0.155. The molecular weight excluding hydrogens is 777 g/mol. The lowest BCUT2D eigenvalue weighted by atomic mass is 10.00. The molecule has 346 valence electrons. The molecule has 0 aromatic heterocycles. The van der Waals surface area contributed by atoms with Gasteiger partial charge in [0.15, 0.2) is 12.4 Å². The smallest absolute Gasteiger partial charge is 0.306 e. The highest BCUT2D eigenvalue weighted by molar-refractivity contribution is 7.85. The van der Waals surface area contributed by atoms with Gasteiger partial charge in [0.1, 0.15) is 36.8 Å². The Bertz CT molecular complexity index is 1190. The number of ether oxygens (including phenoxy) is 4. The van der Waals surface area contributed by atoms with Crippen molar-refractivity contribution in [2.24, 2.45) is 0 Å². The highest BCUT2D eigenvalue weighted by atomic mass is 32.2. The minimum Gasteiger partial charge on any atom is -0.462 e. The number of esters is 2. The standard InChI is InChI=1S/C46H84O12S/c1-3-5-7-9-11-13-15-17-19-20-21-23-24-26-28-30-32-34-41(47)55-36-39(37-56-46-45(51)44(50)43(49)40(58-46)38-59(52,53)54)57-42(48)35-33-31-29-27-25-22-18-16-14-12-10-8-6-4-2/h16-19,39-40,43-46,49-51H,3-15,20-38H2,1-2H3,(H,52,53,54)/b18-16+,19-17+/t39-,40-,43-,44?,45?,46+/m1/s1. The molecule has 1 aliphatic heterocycles. The van der Waals surface area contributed by atoms with Gasteiger partial charge < -0.3 is 34.3 Å². The lowest BCUT2D eigenvalue weighted by Gasteiger charge is -2.40. The van der Waals surface area contributed by atoms with Crippen LogP contribution >= 0.6 is 0 Å². The molecule has 1 heterocycles. The second-order valence-corrected chi connectivity index (χ2v) is 17.9. The third-order valence-corrected chi connectivity index (χ3v) is 11.5. The summed E-state index contributed by atoms with van der Waals surface area (Å²) in [4.78, 5) is 25.4. The first-order valence-electron chi connectivity index (χ1n) is 23.4. The number of hydrogen-bond donors (Lipinski definition) is 4. The molecular formula is C46H84O12S. The van der Waals surface area contributed by atoms with Crippen molar-refractivity contribution in [3.05, 3.63) is 24.3 Å². The Kier molecular flexibility index (Phi) is 34.4. The summed E-state index contributed by atoms with van der Waals surface area (Å²) in [5.74, 6) is -1.99. The van der Waals surface area contributed by atoms with E-state index < -0.39 is 71.2 Å². The zero-order valence-corrected chi connectivity index (χ0v) is 37.7. The van der Waals surface area contributed by atoms with Crippen molar-refractivity contribution < 1.29 is 56.8 Å². The van der Waals surface area contributed by atoms with E-state index >= 15 is 0 Å². The fourth-order valence-electron chi connectivity index (χ4n) is 7.08. The van der Waals surface area contributed by atoms with Crippen LogP contribution in [-0.2, 0) is 38.7 Å². The number of unbranched alkanes of at least 4 members (excludes halogenated alkanes) is 23. The Morgan fingerprint density at radius 3 is 1.41 bits per heavy atom. The predicted octanol–water partition coefficient (Wildman–Crippen LogP) is 9.62. The molecule has 0 bridgehead atoms. The Balaban J connectivity index is 2.43. The molecule has 0 aliphatic carbocycles. The molecule has 59 heavy (non-hydrogen) atoms. The third-order valence-electron chi connectivity index (χ3n) is 10.8. The van der Waals surface area contributed by atoms with Crippen LogP contribution in [0, 0.1) is 0 Å². The van der Waals surface area contributed by atoms with Gasteiger partial charge in [0, 0.05) is 12.8 Å². The van der Waals surface area contributed by atoms with E-state index in [1.807, 2.05) is 0 Å². The summed E-state index contributed by atoms with van der Waals surface area (Å²) in [7, 11) is -4.60. The Morgan fingerprint density at radius 1 is 0.559 bits per heavy atom. The average molecular weight is 861 g/mol. The van der Waals surface area contributed by atoms with E-state index in [2.05, 4.69) is 38.2 Å². The van der Waals surface area contributed by atoms with Crippen molar-refractivity contribution in [1.29, 1.82) is 0 Å². The molecule has 6 atom stereocenters. The van der Waals surface area contributed by atoms with Gasteiger partial charge in [0.25, 0.3) is 10.1 Å². The Labute approximate surface area is 358 Å². The minimum atomic E-state index is -4.60. The molecule has 0 amide bonds. The van der Waals surface area contributed by atoms with E-state index in [1.165, 1.54) is 96.3 Å². The van der Waals surface area contributed by atoms with Gasteiger partial charge in [-0.1, -0.05) is 147 Å². The Morgan fingerprint density at radius 2 is 0.966 bits per heavy atom. The summed E-state index contributed by atoms with van der Waals surface area (Å²) in [6.07, 6.45) is 30.7. The van der Waals surface area contributed by atoms with E-state index in [9.17, 15) is 37.9 Å². The third kappa shape index (κ3) is 31.6. The zero-order chi connectivity index (χ0) is 43.4. The van der Waals surface area contributed by atoms with Crippen molar-refractivity contribution in [3.8, 4) is 0 Å². The summed E-state index contributed by atoms with van der Waals surface area (Å²) in [5, 5.41) is 30.9. The van der Waals surface area contributed by atoms with Crippen molar-refractivity contribution in [1.82, 2.24) is 0 Å². The van der Waals surface area contributed by atoms with Gasteiger partial charge in [-0.25, -0.2) is 0 Å². The van der Waals surface area contributed by atoms with Crippen molar-refractivity contribution in [3.63, 3.8) is 0 Å². The first kappa shape index (κ1) is 55.1. The summed E-state index contributed by atoms with van der Waals surface area (Å²) in [6.45, 7) is 3.74. The molecule has 4 N–H and O–H groups in total. The molecule has 0 aromatic rings. The molecule has 1 rings (SSSR count). The second kappa shape index (κ2) is 36.8. The maximum absolute atomic E-state index is 12.8. The topological polar surface area (TPSA) is 186 Å². The van der Waals surface area contributed by atoms with Gasteiger partial charge in [-0.2, -0.15) is 8.42 Å². The van der Waals surface area contributed by atoms with Gasteiger partial charge in [0.2, 0.25) is 0 Å². The summed E-state index contributed by atoms with van der Waals surface area (Å²) in [5.41, 5.74) is 0. The van der Waals surface area contributed by atoms with Gasteiger partial charge in [-0.05, 0) is 64.2 Å². The van der Waals surface area contributed by atoms with Crippen LogP contribution in [0.25, 0.3) is 0 Å². The van der Waals surface area contributed by atoms with Crippen LogP contribution in [0.4, 0.5) is 0 Å². The lowest BCUT2D eigenvalue weighted by Crippen LogP contribution is -2.60. The van der Waals surface area contributed by atoms with Gasteiger partial charge >= 0.3 is 11.9 Å². The van der Waals surface area contributed by atoms with Gasteiger partial charge in [0.05, 0.1) is 6.61 Å². The quantitative estimate of drug-likeness (QED) is 0.0199. The molecule has 12 nitrogen and oxygen atoms in total. The van der Waals surface area contributed by atoms with Crippen LogP contribution in [-0.4, -0.2) is 96.0 Å². The first-order valence-corrected chi connectivity index (χ1v) is 25.0. The maximum Gasteiger partial charge on any atom is 0.306 e. The van der Waals surface area contributed by atoms with Crippen LogP contribution in [0.3, 0.4) is 0 Å².